The lowest BCUT2D eigenvalue weighted by atomic mass is 9.96. The maximum atomic E-state index is 6.02. The monoisotopic (exact) mass is 488 g/mol. The molecule has 0 amide bonds. The van der Waals surface area contributed by atoms with Gasteiger partial charge in [0.25, 0.3) is 0 Å². The van der Waals surface area contributed by atoms with Crippen LogP contribution in [0.2, 0.25) is 5.02 Å². The minimum absolute atomic E-state index is 0.315. The van der Waals surface area contributed by atoms with Crippen LogP contribution in [0.3, 0.4) is 0 Å². The largest absolute Gasteiger partial charge is 0.314 e. The molecule has 1 atom stereocenters. The van der Waals surface area contributed by atoms with Crippen LogP contribution in [0, 0.1) is 0 Å². The lowest BCUT2D eigenvalue weighted by molar-refractivity contribution is 0.198. The average Bonchev–Trinajstić information content (AvgIpc) is 2.93. The highest BCUT2D eigenvalue weighted by molar-refractivity contribution is 6.30. The Morgan fingerprint density at radius 3 is 1.86 bits per heavy atom. The van der Waals surface area contributed by atoms with Crippen molar-refractivity contribution in [3.63, 3.8) is 0 Å². The number of halogens is 1. The standard InChI is InChI=1S/C17H19ClN2.C13H18N2/c18-16-8-6-15(7-9-16)17(14-4-2-1-3-5-14)20-12-10-19-11-13-20;1-2-5-13(6-3-1)7-4-10-15-11-8-14-9-12-15/h1-9,17,19H,10-13H2;1-7,14H,8-12H2. The molecular weight excluding hydrogens is 452 g/mol. The van der Waals surface area contributed by atoms with E-state index in [1.54, 1.807) is 0 Å². The van der Waals surface area contributed by atoms with Crippen molar-refractivity contribution in [3.05, 3.63) is 113 Å². The molecule has 0 spiro atoms. The number of nitrogens with zero attached hydrogens (tertiary/aromatic N) is 2. The van der Waals surface area contributed by atoms with Gasteiger partial charge in [0, 0.05) is 63.9 Å². The van der Waals surface area contributed by atoms with Crippen molar-refractivity contribution < 1.29 is 0 Å². The normalized spacial score (nSPS) is 18.1. The summed E-state index contributed by atoms with van der Waals surface area (Å²) in [7, 11) is 0. The molecule has 2 N–H and O–H groups in total. The van der Waals surface area contributed by atoms with E-state index >= 15 is 0 Å². The summed E-state index contributed by atoms with van der Waals surface area (Å²) in [6, 6.07) is 29.7. The summed E-state index contributed by atoms with van der Waals surface area (Å²) < 4.78 is 0. The molecule has 0 bridgehead atoms. The molecule has 2 aliphatic heterocycles. The van der Waals surface area contributed by atoms with Gasteiger partial charge >= 0.3 is 0 Å². The van der Waals surface area contributed by atoms with Crippen LogP contribution >= 0.6 is 11.6 Å². The molecule has 0 saturated carbocycles. The lowest BCUT2D eigenvalue weighted by Gasteiger charge is -2.35. The summed E-state index contributed by atoms with van der Waals surface area (Å²) in [6.45, 7) is 9.89. The Balaban J connectivity index is 0.000000172. The van der Waals surface area contributed by atoms with Crippen molar-refractivity contribution in [1.82, 2.24) is 20.4 Å². The van der Waals surface area contributed by atoms with Gasteiger partial charge in [-0.3, -0.25) is 9.80 Å². The Labute approximate surface area is 215 Å². The summed E-state index contributed by atoms with van der Waals surface area (Å²) in [6.07, 6.45) is 4.45. The second-order valence-electron chi connectivity index (χ2n) is 9.01. The van der Waals surface area contributed by atoms with E-state index in [1.807, 2.05) is 18.2 Å². The molecule has 5 rings (SSSR count). The zero-order valence-electron chi connectivity index (χ0n) is 20.5. The third-order valence-corrected chi connectivity index (χ3v) is 6.75. The molecule has 0 aromatic heterocycles. The number of nitrogens with one attached hydrogen (secondary N) is 2. The van der Waals surface area contributed by atoms with Gasteiger partial charge in [0.15, 0.2) is 0 Å². The number of piperazine rings is 2. The van der Waals surface area contributed by atoms with Crippen LogP contribution < -0.4 is 10.6 Å². The molecule has 2 aliphatic rings. The van der Waals surface area contributed by atoms with Crippen molar-refractivity contribution >= 4 is 17.7 Å². The highest BCUT2D eigenvalue weighted by Crippen LogP contribution is 2.29. The van der Waals surface area contributed by atoms with Crippen LogP contribution in [-0.2, 0) is 0 Å². The molecule has 5 heteroatoms. The molecule has 4 nitrogen and oxygen atoms in total. The minimum Gasteiger partial charge on any atom is -0.314 e. The smallest absolute Gasteiger partial charge is 0.0602 e. The number of hydrogen-bond donors (Lipinski definition) is 2. The first-order valence-electron chi connectivity index (χ1n) is 12.7. The fourth-order valence-corrected chi connectivity index (χ4v) is 4.76. The van der Waals surface area contributed by atoms with E-state index in [0.717, 1.165) is 50.8 Å². The number of hydrogen-bond acceptors (Lipinski definition) is 4. The van der Waals surface area contributed by atoms with Gasteiger partial charge in [0.2, 0.25) is 0 Å². The maximum absolute atomic E-state index is 6.02. The number of rotatable bonds is 6. The molecular formula is C30H37ClN4. The lowest BCUT2D eigenvalue weighted by Crippen LogP contribution is -2.45. The molecule has 184 valence electrons. The first-order chi connectivity index (χ1) is 17.3. The SMILES string of the molecule is C(=Cc1ccccc1)CN1CCNCC1.Clc1ccc(C(c2ccccc2)N2CCNCC2)cc1. The summed E-state index contributed by atoms with van der Waals surface area (Å²) in [5.74, 6) is 0. The highest BCUT2D eigenvalue weighted by Gasteiger charge is 2.23. The third kappa shape index (κ3) is 8.31. The van der Waals surface area contributed by atoms with Gasteiger partial charge in [-0.25, -0.2) is 0 Å². The fourth-order valence-electron chi connectivity index (χ4n) is 4.63. The Hall–Kier alpha value is -2.47. The van der Waals surface area contributed by atoms with E-state index in [-0.39, 0.29) is 0 Å². The van der Waals surface area contributed by atoms with Gasteiger partial charge in [-0.1, -0.05) is 96.5 Å². The zero-order chi connectivity index (χ0) is 24.1. The molecule has 0 radical (unpaired) electrons. The molecule has 35 heavy (non-hydrogen) atoms. The predicted molar refractivity (Wildman–Crippen MR) is 149 cm³/mol. The van der Waals surface area contributed by atoms with Crippen molar-refractivity contribution in [2.24, 2.45) is 0 Å². The molecule has 2 heterocycles. The summed E-state index contributed by atoms with van der Waals surface area (Å²) in [5.41, 5.74) is 3.94. The van der Waals surface area contributed by atoms with Crippen LogP contribution in [0.15, 0.2) is 91.0 Å². The molecule has 2 saturated heterocycles. The van der Waals surface area contributed by atoms with Gasteiger partial charge in [0.05, 0.1) is 6.04 Å². The minimum atomic E-state index is 0.315. The molecule has 3 aromatic rings. The number of benzene rings is 3. The fraction of sp³-hybridized carbons (Fsp3) is 0.333. The first kappa shape index (κ1) is 25.6. The summed E-state index contributed by atoms with van der Waals surface area (Å²) >= 11 is 6.02. The topological polar surface area (TPSA) is 30.5 Å². The highest BCUT2D eigenvalue weighted by atomic mass is 35.5. The van der Waals surface area contributed by atoms with Gasteiger partial charge < -0.3 is 10.6 Å². The molecule has 2 fully saturated rings. The van der Waals surface area contributed by atoms with Gasteiger partial charge in [0.1, 0.15) is 0 Å². The van der Waals surface area contributed by atoms with Crippen LogP contribution in [0.5, 0.6) is 0 Å². The van der Waals surface area contributed by atoms with E-state index in [0.29, 0.717) is 6.04 Å². The van der Waals surface area contributed by atoms with Crippen LogP contribution in [-0.4, -0.2) is 68.7 Å². The van der Waals surface area contributed by atoms with E-state index in [2.05, 4.69) is 99.3 Å². The van der Waals surface area contributed by atoms with E-state index in [4.69, 9.17) is 11.6 Å². The van der Waals surface area contributed by atoms with Crippen molar-refractivity contribution in [1.29, 1.82) is 0 Å². The maximum Gasteiger partial charge on any atom is 0.0602 e. The van der Waals surface area contributed by atoms with E-state index < -0.39 is 0 Å². The second-order valence-corrected chi connectivity index (χ2v) is 9.45. The average molecular weight is 489 g/mol. The summed E-state index contributed by atoms with van der Waals surface area (Å²) in [5, 5.41) is 7.57. The quantitative estimate of drug-likeness (QED) is 0.514. The Bertz CT molecular complexity index is 996. The van der Waals surface area contributed by atoms with Gasteiger partial charge in [-0.15, -0.1) is 0 Å². The zero-order valence-corrected chi connectivity index (χ0v) is 21.2. The Morgan fingerprint density at radius 2 is 1.23 bits per heavy atom. The predicted octanol–water partition coefficient (Wildman–Crippen LogP) is 4.94. The first-order valence-corrected chi connectivity index (χ1v) is 13.1. The van der Waals surface area contributed by atoms with Crippen molar-refractivity contribution in [3.8, 4) is 0 Å². The molecule has 0 aliphatic carbocycles. The third-order valence-electron chi connectivity index (χ3n) is 6.50. The van der Waals surface area contributed by atoms with Gasteiger partial charge in [-0.2, -0.15) is 0 Å². The Kier molecular flexibility index (Phi) is 10.4. The van der Waals surface area contributed by atoms with Crippen molar-refractivity contribution in [2.75, 3.05) is 58.9 Å². The summed E-state index contributed by atoms with van der Waals surface area (Å²) in [4.78, 5) is 5.00. The van der Waals surface area contributed by atoms with Crippen LogP contribution in [0.1, 0.15) is 22.7 Å². The Morgan fingerprint density at radius 1 is 0.686 bits per heavy atom. The second kappa shape index (κ2) is 14.2. The van der Waals surface area contributed by atoms with Crippen LogP contribution in [0.4, 0.5) is 0 Å². The van der Waals surface area contributed by atoms with Gasteiger partial charge in [-0.05, 0) is 28.8 Å². The van der Waals surface area contributed by atoms with Crippen LogP contribution in [0.25, 0.3) is 6.08 Å². The molecule has 1 unspecified atom stereocenters. The molecule has 3 aromatic carbocycles. The van der Waals surface area contributed by atoms with E-state index in [1.165, 1.54) is 29.8 Å². The van der Waals surface area contributed by atoms with E-state index in [9.17, 15) is 0 Å². The van der Waals surface area contributed by atoms with Crippen molar-refractivity contribution in [2.45, 2.75) is 6.04 Å².